The van der Waals surface area contributed by atoms with E-state index in [9.17, 15) is 33.6 Å². The van der Waals surface area contributed by atoms with E-state index in [4.69, 9.17) is 4.98 Å². The second-order valence-corrected chi connectivity index (χ2v) is 16.3. The minimum Gasteiger partial charge on any atom is -0.384 e. The summed E-state index contributed by atoms with van der Waals surface area (Å²) in [7, 11) is 0. The fourth-order valence-electron chi connectivity index (χ4n) is 7.88. The Morgan fingerprint density at radius 3 is 2.54 bits per heavy atom. The number of fused-ring (bicyclic) bond motifs is 2. The van der Waals surface area contributed by atoms with Crippen LogP contribution in [0.3, 0.4) is 0 Å². The zero-order chi connectivity index (χ0) is 39.8. The SMILES string of the molecule is Cc1sc(NC(=O)Cc2ccn(CCCCCCNc3cccc4c3C(=O)N(C3CCC(=O)NC3=O)C4=O)c(=O)c2)nc1-c1ccc2c(c1)CCN2C(=O)C1CC1. The number of amides is 6. The van der Waals surface area contributed by atoms with Gasteiger partial charge < -0.3 is 20.1 Å². The van der Waals surface area contributed by atoms with Crippen LogP contribution in [0, 0.1) is 12.8 Å². The number of thiazole rings is 1. The van der Waals surface area contributed by atoms with Crippen molar-refractivity contribution in [1.29, 1.82) is 0 Å². The van der Waals surface area contributed by atoms with Crippen LogP contribution >= 0.6 is 11.3 Å². The number of anilines is 3. The van der Waals surface area contributed by atoms with Gasteiger partial charge in [-0.3, -0.25) is 43.8 Å². The highest BCUT2D eigenvalue weighted by molar-refractivity contribution is 7.16. The van der Waals surface area contributed by atoms with E-state index in [1.165, 1.54) is 17.4 Å². The molecule has 5 heterocycles. The van der Waals surface area contributed by atoms with Gasteiger partial charge in [-0.2, -0.15) is 0 Å². The molecule has 4 aliphatic rings. The van der Waals surface area contributed by atoms with Crippen LogP contribution in [0.2, 0.25) is 0 Å². The summed E-state index contributed by atoms with van der Waals surface area (Å²) >= 11 is 1.40. The van der Waals surface area contributed by atoms with Crippen molar-refractivity contribution in [3.8, 4) is 11.3 Å². The first kappa shape index (κ1) is 37.9. The molecule has 14 nitrogen and oxygen atoms in total. The van der Waals surface area contributed by atoms with E-state index in [1.807, 2.05) is 24.0 Å². The third-order valence-electron chi connectivity index (χ3n) is 11.0. The molecule has 57 heavy (non-hydrogen) atoms. The van der Waals surface area contributed by atoms with Crippen molar-refractivity contribution in [2.45, 2.75) is 83.7 Å². The number of pyridine rings is 1. The van der Waals surface area contributed by atoms with Crippen LogP contribution in [0.5, 0.6) is 0 Å². The Morgan fingerprint density at radius 1 is 0.930 bits per heavy atom. The monoisotopic (exact) mass is 789 g/mol. The number of hydrogen-bond donors (Lipinski definition) is 3. The van der Waals surface area contributed by atoms with Gasteiger partial charge in [-0.15, -0.1) is 11.3 Å². The van der Waals surface area contributed by atoms with Gasteiger partial charge in [0.05, 0.1) is 23.2 Å². The largest absolute Gasteiger partial charge is 0.384 e. The summed E-state index contributed by atoms with van der Waals surface area (Å²) in [4.78, 5) is 97.4. The Balaban J connectivity index is 0.773. The van der Waals surface area contributed by atoms with E-state index in [-0.39, 0.29) is 53.7 Å². The molecule has 1 atom stereocenters. The Kier molecular flexibility index (Phi) is 10.6. The number of imide groups is 2. The number of piperidine rings is 1. The summed E-state index contributed by atoms with van der Waals surface area (Å²) in [5, 5.41) is 8.87. The third kappa shape index (κ3) is 7.88. The number of nitrogens with zero attached hydrogens (tertiary/aromatic N) is 4. The van der Waals surface area contributed by atoms with Crippen molar-refractivity contribution in [2.75, 3.05) is 28.6 Å². The number of carbonyl (C=O) groups is 6. The molecule has 3 N–H and O–H groups in total. The lowest BCUT2D eigenvalue weighted by Gasteiger charge is -2.27. The van der Waals surface area contributed by atoms with Crippen molar-refractivity contribution >= 4 is 63.3 Å². The van der Waals surface area contributed by atoms with Crippen molar-refractivity contribution < 1.29 is 28.8 Å². The molecule has 1 aliphatic carbocycles. The average Bonchev–Trinajstić information content (AvgIpc) is 3.78. The maximum Gasteiger partial charge on any atom is 0.264 e. The summed E-state index contributed by atoms with van der Waals surface area (Å²) in [6, 6.07) is 13.4. The number of nitrogens with one attached hydrogen (secondary N) is 3. The molecule has 2 aromatic carbocycles. The molecule has 1 saturated heterocycles. The fraction of sp³-hybridized carbons (Fsp3) is 0.381. The molecule has 0 radical (unpaired) electrons. The first-order valence-corrected chi connectivity index (χ1v) is 20.4. The lowest BCUT2D eigenvalue weighted by Crippen LogP contribution is -2.54. The molecule has 8 rings (SSSR count). The highest BCUT2D eigenvalue weighted by Crippen LogP contribution is 2.39. The number of aryl methyl sites for hydroxylation is 2. The van der Waals surface area contributed by atoms with Gasteiger partial charge in [0, 0.05) is 66.1 Å². The summed E-state index contributed by atoms with van der Waals surface area (Å²) in [6.07, 6.45) is 8.01. The van der Waals surface area contributed by atoms with Gasteiger partial charge in [0.25, 0.3) is 17.4 Å². The number of unbranched alkanes of at least 4 members (excludes halogenated alkanes) is 3. The lowest BCUT2D eigenvalue weighted by molar-refractivity contribution is -0.136. The van der Waals surface area contributed by atoms with Crippen molar-refractivity contribution in [1.82, 2.24) is 19.8 Å². The second kappa shape index (κ2) is 15.9. The summed E-state index contributed by atoms with van der Waals surface area (Å²) in [5.74, 6) is -1.99. The summed E-state index contributed by atoms with van der Waals surface area (Å²) < 4.78 is 1.64. The first-order valence-electron chi connectivity index (χ1n) is 19.6. The molecule has 15 heteroatoms. The van der Waals surface area contributed by atoms with Gasteiger partial charge in [0.15, 0.2) is 5.13 Å². The van der Waals surface area contributed by atoms with Crippen molar-refractivity contribution in [3.05, 3.63) is 92.2 Å². The summed E-state index contributed by atoms with van der Waals surface area (Å²) in [5.41, 5.74) is 5.32. The smallest absolute Gasteiger partial charge is 0.264 e. The van der Waals surface area contributed by atoms with Gasteiger partial charge in [-0.1, -0.05) is 25.0 Å². The molecule has 294 valence electrons. The lowest BCUT2D eigenvalue weighted by atomic mass is 10.0. The number of hydrogen-bond acceptors (Lipinski definition) is 10. The molecule has 3 aliphatic heterocycles. The quantitative estimate of drug-likeness (QED) is 0.119. The van der Waals surface area contributed by atoms with Crippen LogP contribution < -0.4 is 26.4 Å². The van der Waals surface area contributed by atoms with Crippen LogP contribution in [0.15, 0.2) is 59.5 Å². The van der Waals surface area contributed by atoms with Crippen LogP contribution in [0.25, 0.3) is 11.3 Å². The number of benzene rings is 2. The number of aromatic nitrogens is 2. The first-order chi connectivity index (χ1) is 27.5. The second-order valence-electron chi connectivity index (χ2n) is 15.1. The molecule has 6 amide bonds. The molecule has 2 fully saturated rings. The Hall–Kier alpha value is -5.96. The van der Waals surface area contributed by atoms with Crippen molar-refractivity contribution in [3.63, 3.8) is 0 Å². The Morgan fingerprint density at radius 2 is 1.75 bits per heavy atom. The third-order valence-corrected chi connectivity index (χ3v) is 11.9. The van der Waals surface area contributed by atoms with Crippen LogP contribution in [0.4, 0.5) is 16.5 Å². The molecule has 4 aromatic rings. The molecular formula is C42H43N7O7S. The van der Waals surface area contributed by atoms with Gasteiger partial charge >= 0.3 is 0 Å². The predicted octanol–water partition coefficient (Wildman–Crippen LogP) is 4.83. The van der Waals surface area contributed by atoms with E-state index >= 15 is 0 Å². The minimum atomic E-state index is -1.01. The van der Waals surface area contributed by atoms with Gasteiger partial charge in [0.1, 0.15) is 6.04 Å². The van der Waals surface area contributed by atoms with E-state index in [1.54, 1.807) is 35.0 Å². The summed E-state index contributed by atoms with van der Waals surface area (Å²) in [6.45, 7) is 3.78. The van der Waals surface area contributed by atoms with Crippen molar-refractivity contribution in [2.24, 2.45) is 5.92 Å². The van der Waals surface area contributed by atoms with Gasteiger partial charge in [0.2, 0.25) is 23.6 Å². The van der Waals surface area contributed by atoms with E-state index in [2.05, 4.69) is 22.0 Å². The zero-order valence-electron chi connectivity index (χ0n) is 31.6. The normalized spacial score (nSPS) is 17.5. The number of rotatable bonds is 14. The standard InChI is InChI=1S/C42H43N7O7S/c1-24-37(28-11-12-31-27(23-28)16-20-48(31)39(54)26-9-10-26)46-42(57-24)45-34(51)21-25-15-19-47(35(52)22-25)18-5-3-2-4-17-43-30-8-6-7-29-36(30)41(56)49(40(29)55)32-13-14-33(50)44-38(32)53/h6-8,11-12,15,19,22-23,26,32,43H,2-5,9-10,13-14,16-18,20-21H2,1H3,(H,44,50,53)(H,45,46,51). The fourth-order valence-corrected chi connectivity index (χ4v) is 8.74. The molecule has 2 aromatic heterocycles. The molecule has 1 unspecified atom stereocenters. The maximum atomic E-state index is 13.3. The average molecular weight is 790 g/mol. The maximum absolute atomic E-state index is 13.3. The molecule has 1 saturated carbocycles. The highest BCUT2D eigenvalue weighted by Gasteiger charge is 2.45. The van der Waals surface area contributed by atoms with E-state index < -0.39 is 29.7 Å². The van der Waals surface area contributed by atoms with Gasteiger partial charge in [-0.05, 0) is 86.9 Å². The zero-order valence-corrected chi connectivity index (χ0v) is 32.4. The number of carbonyl (C=O) groups excluding carboxylic acids is 6. The highest BCUT2D eigenvalue weighted by atomic mass is 32.1. The molecule has 0 bridgehead atoms. The predicted molar refractivity (Wildman–Crippen MR) is 214 cm³/mol. The van der Waals surface area contributed by atoms with Crippen LogP contribution in [0.1, 0.15) is 88.1 Å². The Bertz CT molecular complexity index is 2380. The minimum absolute atomic E-state index is 0.0417. The van der Waals surface area contributed by atoms with E-state index in [0.29, 0.717) is 36.0 Å². The van der Waals surface area contributed by atoms with Crippen LogP contribution in [-0.2, 0) is 38.6 Å². The van der Waals surface area contributed by atoms with Gasteiger partial charge in [-0.25, -0.2) is 4.98 Å². The topological polar surface area (TPSA) is 180 Å². The molecular weight excluding hydrogens is 747 g/mol. The van der Waals surface area contributed by atoms with Crippen LogP contribution in [-0.4, -0.2) is 69.0 Å². The van der Waals surface area contributed by atoms with E-state index in [0.717, 1.165) is 77.2 Å². The Labute approximate surface area is 332 Å². The molecule has 0 spiro atoms.